The molecule has 3 heterocycles. The smallest absolute Gasteiger partial charge is 0.162 e. The van der Waals surface area contributed by atoms with E-state index in [0.29, 0.717) is 6.42 Å². The molecule has 7 nitrogen and oxygen atoms in total. The summed E-state index contributed by atoms with van der Waals surface area (Å²) >= 11 is 1.49. The SMILES string of the molecule is CCCC[C@H](N=O)[C@H]1O[C@@H]2SC(N3CCCC3)=N[C@@H]2[C@@H](O)[C@@H]1O. The molecule has 0 aromatic rings. The van der Waals surface area contributed by atoms with E-state index in [4.69, 9.17) is 4.74 Å². The maximum absolute atomic E-state index is 11.2. The first-order valence-corrected chi connectivity index (χ1v) is 9.37. The van der Waals surface area contributed by atoms with E-state index in [1.54, 1.807) is 0 Å². The summed E-state index contributed by atoms with van der Waals surface area (Å²) in [6.07, 6.45) is 1.76. The quantitative estimate of drug-likeness (QED) is 0.731. The van der Waals surface area contributed by atoms with Gasteiger partial charge in [0.2, 0.25) is 0 Å². The van der Waals surface area contributed by atoms with Crippen LogP contribution in [0.1, 0.15) is 39.0 Å². The number of thioether (sulfide) groups is 1. The minimum atomic E-state index is -1.13. The first kappa shape index (κ1) is 17.1. The predicted octanol–water partition coefficient (Wildman–Crippen LogP) is 1.33. The Kier molecular flexibility index (Phi) is 5.56. The van der Waals surface area contributed by atoms with Crippen molar-refractivity contribution in [1.29, 1.82) is 0 Å². The lowest BCUT2D eigenvalue weighted by molar-refractivity contribution is -0.159. The van der Waals surface area contributed by atoms with Crippen LogP contribution in [0.4, 0.5) is 0 Å². The second-order valence-corrected chi connectivity index (χ2v) is 7.54. The molecule has 6 atom stereocenters. The summed E-state index contributed by atoms with van der Waals surface area (Å²) in [5, 5.41) is 24.8. The van der Waals surface area contributed by atoms with Crippen molar-refractivity contribution in [3.05, 3.63) is 4.91 Å². The first-order valence-electron chi connectivity index (χ1n) is 8.49. The van der Waals surface area contributed by atoms with Gasteiger partial charge in [-0.05, 0) is 19.3 Å². The minimum absolute atomic E-state index is 0.347. The number of unbranched alkanes of at least 4 members (excludes halogenated alkanes) is 1. The Morgan fingerprint density at radius 3 is 2.78 bits per heavy atom. The third-order valence-electron chi connectivity index (χ3n) is 4.83. The third-order valence-corrected chi connectivity index (χ3v) is 6.03. The van der Waals surface area contributed by atoms with Crippen molar-refractivity contribution < 1.29 is 14.9 Å². The molecule has 3 aliphatic rings. The standard InChI is InChI=1S/C15H25N3O4S/c1-2-3-6-9(17-21)13-12(20)11(19)10-14(22-13)23-15(16-10)18-7-4-5-8-18/h9-14,19-20H,2-8H2,1H3/t9-,10+,11+,12-,13+,14+/m0/s1. The normalized spacial score (nSPS) is 38.3. The van der Waals surface area contributed by atoms with Crippen LogP contribution in [0.2, 0.25) is 0 Å². The van der Waals surface area contributed by atoms with Crippen LogP contribution < -0.4 is 0 Å². The maximum atomic E-state index is 11.2. The van der Waals surface area contributed by atoms with Crippen LogP contribution in [0.5, 0.6) is 0 Å². The van der Waals surface area contributed by atoms with Gasteiger partial charge >= 0.3 is 0 Å². The predicted molar refractivity (Wildman–Crippen MR) is 89.4 cm³/mol. The van der Waals surface area contributed by atoms with E-state index in [9.17, 15) is 15.1 Å². The molecule has 3 aliphatic heterocycles. The van der Waals surface area contributed by atoms with Crippen molar-refractivity contribution >= 4 is 16.9 Å². The highest BCUT2D eigenvalue weighted by Crippen LogP contribution is 2.39. The molecule has 23 heavy (non-hydrogen) atoms. The van der Waals surface area contributed by atoms with Crippen LogP contribution in [0.25, 0.3) is 0 Å². The summed E-state index contributed by atoms with van der Waals surface area (Å²) in [6.45, 7) is 3.98. The zero-order valence-corrected chi connectivity index (χ0v) is 14.2. The van der Waals surface area contributed by atoms with Gasteiger partial charge in [0.15, 0.2) is 5.17 Å². The Balaban J connectivity index is 1.69. The number of likely N-dealkylation sites (tertiary alicyclic amines) is 1. The highest BCUT2D eigenvalue weighted by atomic mass is 32.2. The molecule has 0 bridgehead atoms. The molecule has 130 valence electrons. The van der Waals surface area contributed by atoms with Gasteiger partial charge in [-0.25, -0.2) is 0 Å². The highest BCUT2D eigenvalue weighted by molar-refractivity contribution is 8.14. The van der Waals surface area contributed by atoms with Gasteiger partial charge in [0.25, 0.3) is 0 Å². The molecule has 0 spiro atoms. The van der Waals surface area contributed by atoms with Crippen molar-refractivity contribution in [2.75, 3.05) is 13.1 Å². The minimum Gasteiger partial charge on any atom is -0.388 e. The second-order valence-electron chi connectivity index (χ2n) is 6.48. The summed E-state index contributed by atoms with van der Waals surface area (Å²) in [4.78, 5) is 17.9. The number of nitrogens with zero attached hydrogens (tertiary/aromatic N) is 3. The highest BCUT2D eigenvalue weighted by Gasteiger charge is 2.51. The number of ether oxygens (including phenoxy) is 1. The van der Waals surface area contributed by atoms with Gasteiger partial charge in [-0.1, -0.05) is 36.7 Å². The number of hydrogen-bond donors (Lipinski definition) is 2. The topological polar surface area (TPSA) is 94.7 Å². The van der Waals surface area contributed by atoms with E-state index in [0.717, 1.165) is 43.9 Å². The van der Waals surface area contributed by atoms with Gasteiger partial charge < -0.3 is 19.8 Å². The molecule has 0 saturated carbocycles. The van der Waals surface area contributed by atoms with Crippen molar-refractivity contribution in [3.8, 4) is 0 Å². The van der Waals surface area contributed by atoms with E-state index in [2.05, 4.69) is 15.1 Å². The van der Waals surface area contributed by atoms with Gasteiger partial charge in [0.1, 0.15) is 35.8 Å². The number of aliphatic imine (C=N–C) groups is 1. The van der Waals surface area contributed by atoms with Crippen LogP contribution in [0.15, 0.2) is 10.2 Å². The summed E-state index contributed by atoms with van der Waals surface area (Å²) in [5.41, 5.74) is -0.347. The Labute approximate surface area is 140 Å². The summed E-state index contributed by atoms with van der Waals surface area (Å²) in [6, 6.07) is -1.10. The monoisotopic (exact) mass is 343 g/mol. The van der Waals surface area contributed by atoms with E-state index in [1.165, 1.54) is 11.8 Å². The largest absolute Gasteiger partial charge is 0.388 e. The van der Waals surface area contributed by atoms with E-state index in [-0.39, 0.29) is 5.44 Å². The molecule has 0 amide bonds. The van der Waals surface area contributed by atoms with Crippen LogP contribution in [0.3, 0.4) is 0 Å². The number of rotatable bonds is 5. The first-order chi connectivity index (χ1) is 11.2. The fourth-order valence-electron chi connectivity index (χ4n) is 3.44. The molecule has 0 unspecified atom stereocenters. The molecule has 0 radical (unpaired) electrons. The van der Waals surface area contributed by atoms with E-state index < -0.39 is 30.4 Å². The lowest BCUT2D eigenvalue weighted by atomic mass is 9.91. The van der Waals surface area contributed by atoms with Crippen LogP contribution in [-0.4, -0.2) is 69.2 Å². The number of aliphatic hydroxyl groups is 2. The Morgan fingerprint density at radius 1 is 1.39 bits per heavy atom. The molecule has 0 aromatic carbocycles. The van der Waals surface area contributed by atoms with Crippen LogP contribution >= 0.6 is 11.8 Å². The molecule has 2 saturated heterocycles. The van der Waals surface area contributed by atoms with Crippen LogP contribution in [-0.2, 0) is 4.74 Å². The van der Waals surface area contributed by atoms with Gasteiger partial charge in [0.05, 0.1) is 0 Å². The molecule has 3 rings (SSSR count). The second kappa shape index (κ2) is 7.46. The number of hydrogen-bond acceptors (Lipinski definition) is 8. The van der Waals surface area contributed by atoms with E-state index in [1.807, 2.05) is 6.92 Å². The summed E-state index contributed by atoms with van der Waals surface area (Å²) in [5.74, 6) is 0. The average Bonchev–Trinajstić information content (AvgIpc) is 3.21. The van der Waals surface area contributed by atoms with Gasteiger partial charge in [-0.3, -0.25) is 4.99 Å². The van der Waals surface area contributed by atoms with Crippen molar-refractivity contribution in [2.45, 2.75) is 74.9 Å². The zero-order valence-electron chi connectivity index (χ0n) is 13.4. The molecule has 0 aliphatic carbocycles. The lowest BCUT2D eigenvalue weighted by Gasteiger charge is -2.39. The molecule has 2 fully saturated rings. The van der Waals surface area contributed by atoms with Gasteiger partial charge in [-0.2, -0.15) is 4.91 Å². The van der Waals surface area contributed by atoms with Gasteiger partial charge in [-0.15, -0.1) is 0 Å². The fourth-order valence-corrected chi connectivity index (χ4v) is 4.71. The third kappa shape index (κ3) is 3.40. The molecular weight excluding hydrogens is 318 g/mol. The Bertz CT molecular complexity index is 458. The van der Waals surface area contributed by atoms with Crippen molar-refractivity contribution in [2.24, 2.45) is 10.2 Å². The molecule has 0 aromatic heterocycles. The Hall–Kier alpha value is -0.700. The van der Waals surface area contributed by atoms with Crippen molar-refractivity contribution in [3.63, 3.8) is 0 Å². The summed E-state index contributed by atoms with van der Waals surface area (Å²) in [7, 11) is 0. The van der Waals surface area contributed by atoms with E-state index >= 15 is 0 Å². The molecule has 2 N–H and O–H groups in total. The van der Waals surface area contributed by atoms with Crippen molar-refractivity contribution in [1.82, 2.24) is 4.90 Å². The summed E-state index contributed by atoms with van der Waals surface area (Å²) < 4.78 is 5.95. The molecular formula is C15H25N3O4S. The molecule has 8 heteroatoms. The number of amidine groups is 1. The fraction of sp³-hybridized carbons (Fsp3) is 0.933. The lowest BCUT2D eigenvalue weighted by Crippen LogP contribution is -2.57. The van der Waals surface area contributed by atoms with Gasteiger partial charge in [0, 0.05) is 13.1 Å². The average molecular weight is 343 g/mol. The van der Waals surface area contributed by atoms with Crippen LogP contribution in [0, 0.1) is 4.91 Å². The maximum Gasteiger partial charge on any atom is 0.162 e. The number of nitroso groups, excluding NO2 is 1. The number of fused-ring (bicyclic) bond motifs is 1. The number of aliphatic hydroxyl groups excluding tert-OH is 2. The Morgan fingerprint density at radius 2 is 2.13 bits per heavy atom. The zero-order chi connectivity index (χ0) is 16.4.